The fourth-order valence-electron chi connectivity index (χ4n) is 4.25. The Morgan fingerprint density at radius 3 is 2.75 bits per heavy atom. The smallest absolute Gasteiger partial charge is 0.303 e. The summed E-state index contributed by atoms with van der Waals surface area (Å²) in [7, 11) is 0. The summed E-state index contributed by atoms with van der Waals surface area (Å²) in [4.78, 5) is 10.5. The Bertz CT molecular complexity index is 418. The minimum absolute atomic E-state index is 0.207. The molecule has 0 aromatic carbocycles. The van der Waals surface area contributed by atoms with E-state index in [1.807, 2.05) is 0 Å². The van der Waals surface area contributed by atoms with E-state index in [9.17, 15) is 9.90 Å². The predicted molar refractivity (Wildman–Crippen MR) is 94.7 cm³/mol. The zero-order chi connectivity index (χ0) is 17.4. The number of hydrogen-bond acceptors (Lipinski definition) is 3. The van der Waals surface area contributed by atoms with E-state index in [0.717, 1.165) is 57.1 Å². The van der Waals surface area contributed by atoms with Crippen LogP contribution >= 0.6 is 0 Å². The van der Waals surface area contributed by atoms with Gasteiger partial charge in [-0.25, -0.2) is 0 Å². The quantitative estimate of drug-likeness (QED) is 0.538. The lowest BCUT2D eigenvalue weighted by molar-refractivity contribution is -0.137. The van der Waals surface area contributed by atoms with Crippen molar-refractivity contribution < 1.29 is 19.7 Å². The van der Waals surface area contributed by atoms with E-state index in [2.05, 4.69) is 13.0 Å². The lowest BCUT2D eigenvalue weighted by atomic mass is 9.85. The average Bonchev–Trinajstić information content (AvgIpc) is 2.85. The molecule has 1 aliphatic heterocycles. The number of ether oxygens (including phenoxy) is 1. The van der Waals surface area contributed by atoms with E-state index in [1.54, 1.807) is 0 Å². The van der Waals surface area contributed by atoms with Gasteiger partial charge in [-0.05, 0) is 37.7 Å². The molecule has 0 spiro atoms. The van der Waals surface area contributed by atoms with Gasteiger partial charge in [-0.2, -0.15) is 0 Å². The molecule has 0 aromatic heterocycles. The zero-order valence-corrected chi connectivity index (χ0v) is 15.1. The second kappa shape index (κ2) is 10.1. The fourth-order valence-corrected chi connectivity index (χ4v) is 4.25. The van der Waals surface area contributed by atoms with Crippen LogP contribution < -0.4 is 0 Å². The van der Waals surface area contributed by atoms with Crippen molar-refractivity contribution in [1.29, 1.82) is 0 Å². The Hall–Kier alpha value is -1.03. The van der Waals surface area contributed by atoms with Gasteiger partial charge in [0.1, 0.15) is 6.10 Å². The maximum atomic E-state index is 10.5. The number of rotatable bonds is 11. The number of allylic oxidation sites excluding steroid dienone is 2. The van der Waals surface area contributed by atoms with Crippen molar-refractivity contribution in [2.45, 2.75) is 96.2 Å². The van der Waals surface area contributed by atoms with Crippen molar-refractivity contribution in [1.82, 2.24) is 0 Å². The highest BCUT2D eigenvalue weighted by Crippen LogP contribution is 2.43. The maximum absolute atomic E-state index is 10.5. The standard InChI is InChI=1S/C20H34O4/c1-2-3-6-9-15-12-13-17-16(18(21)14-19(17)24-15)10-7-4-5-8-11-20(22)23/h12,16-19,21H,2-11,13-14H2,1H3,(H,22,23). The predicted octanol–water partition coefficient (Wildman–Crippen LogP) is 4.66. The van der Waals surface area contributed by atoms with E-state index in [4.69, 9.17) is 9.84 Å². The van der Waals surface area contributed by atoms with Crippen molar-refractivity contribution >= 4 is 5.97 Å². The molecule has 0 radical (unpaired) electrons. The van der Waals surface area contributed by atoms with Crippen LogP contribution in [0.3, 0.4) is 0 Å². The van der Waals surface area contributed by atoms with E-state index in [0.29, 0.717) is 11.8 Å². The summed E-state index contributed by atoms with van der Waals surface area (Å²) in [6.45, 7) is 2.21. The first kappa shape index (κ1) is 19.3. The number of carboxylic acids is 1. The Balaban J connectivity index is 1.70. The molecule has 1 saturated carbocycles. The summed E-state index contributed by atoms with van der Waals surface area (Å²) >= 11 is 0. The van der Waals surface area contributed by atoms with Gasteiger partial charge in [-0.3, -0.25) is 4.79 Å². The van der Waals surface area contributed by atoms with Crippen LogP contribution in [-0.4, -0.2) is 28.4 Å². The number of fused-ring (bicyclic) bond motifs is 1. The van der Waals surface area contributed by atoms with E-state index < -0.39 is 5.97 Å². The summed E-state index contributed by atoms with van der Waals surface area (Å²) in [5.74, 6) is 1.26. The SMILES string of the molecule is CCCCCC1=CCC2C(CC(O)C2CCCCCCC(=O)O)O1. The number of aliphatic hydroxyl groups is 1. The molecule has 0 amide bonds. The maximum Gasteiger partial charge on any atom is 0.303 e. The van der Waals surface area contributed by atoms with Crippen LogP contribution in [0.25, 0.3) is 0 Å². The lowest BCUT2D eigenvalue weighted by Crippen LogP contribution is -2.26. The molecule has 0 saturated heterocycles. The van der Waals surface area contributed by atoms with E-state index >= 15 is 0 Å². The molecule has 2 N–H and O–H groups in total. The molecule has 1 aliphatic carbocycles. The van der Waals surface area contributed by atoms with Crippen LogP contribution in [0.1, 0.15) is 84.0 Å². The Kier molecular flexibility index (Phi) is 8.10. The minimum atomic E-state index is -0.704. The second-order valence-electron chi connectivity index (χ2n) is 7.50. The monoisotopic (exact) mass is 338 g/mol. The Labute approximate surface area is 146 Å². The molecule has 138 valence electrons. The number of aliphatic hydroxyl groups excluding tert-OH is 1. The van der Waals surface area contributed by atoms with Crippen LogP contribution in [0, 0.1) is 11.8 Å². The lowest BCUT2D eigenvalue weighted by Gasteiger charge is -2.30. The topological polar surface area (TPSA) is 66.8 Å². The molecular weight excluding hydrogens is 304 g/mol. The Morgan fingerprint density at radius 1 is 1.21 bits per heavy atom. The molecule has 24 heavy (non-hydrogen) atoms. The molecule has 2 aliphatic rings. The molecule has 4 unspecified atom stereocenters. The average molecular weight is 338 g/mol. The van der Waals surface area contributed by atoms with E-state index in [1.165, 1.54) is 19.3 Å². The summed E-state index contributed by atoms with van der Waals surface area (Å²) in [5, 5.41) is 19.1. The summed E-state index contributed by atoms with van der Waals surface area (Å²) < 4.78 is 6.16. The third-order valence-corrected chi connectivity index (χ3v) is 5.62. The highest BCUT2D eigenvalue weighted by molar-refractivity contribution is 5.66. The normalized spacial score (nSPS) is 29.0. The minimum Gasteiger partial charge on any atom is -0.495 e. The zero-order valence-electron chi connectivity index (χ0n) is 15.1. The summed E-state index contributed by atoms with van der Waals surface area (Å²) in [6.07, 6.45) is 14.0. The largest absolute Gasteiger partial charge is 0.495 e. The molecule has 2 rings (SSSR count). The van der Waals surface area contributed by atoms with Crippen LogP contribution in [0.4, 0.5) is 0 Å². The molecule has 0 aromatic rings. The van der Waals surface area contributed by atoms with E-state index in [-0.39, 0.29) is 18.6 Å². The summed E-state index contributed by atoms with van der Waals surface area (Å²) in [6, 6.07) is 0. The first-order chi connectivity index (χ1) is 11.6. The van der Waals surface area contributed by atoms with Crippen molar-refractivity contribution in [3.8, 4) is 0 Å². The van der Waals surface area contributed by atoms with Gasteiger partial charge < -0.3 is 14.9 Å². The van der Waals surface area contributed by atoms with Gasteiger partial charge in [0.15, 0.2) is 0 Å². The van der Waals surface area contributed by atoms with Gasteiger partial charge in [0.05, 0.1) is 11.9 Å². The van der Waals surface area contributed by atoms with Crippen LogP contribution in [-0.2, 0) is 9.53 Å². The highest BCUT2D eigenvalue weighted by atomic mass is 16.5. The molecule has 4 heteroatoms. The molecule has 4 atom stereocenters. The molecule has 4 nitrogen and oxygen atoms in total. The highest BCUT2D eigenvalue weighted by Gasteiger charge is 2.44. The van der Waals surface area contributed by atoms with Gasteiger partial charge in [-0.1, -0.05) is 39.0 Å². The first-order valence-electron chi connectivity index (χ1n) is 9.87. The number of carbonyl (C=O) groups is 1. The molecule has 0 bridgehead atoms. The number of carboxylic acid groups (broad SMARTS) is 1. The van der Waals surface area contributed by atoms with Crippen LogP contribution in [0.15, 0.2) is 11.8 Å². The van der Waals surface area contributed by atoms with Crippen LogP contribution in [0.2, 0.25) is 0 Å². The first-order valence-corrected chi connectivity index (χ1v) is 9.87. The number of hydrogen-bond donors (Lipinski definition) is 2. The Morgan fingerprint density at radius 2 is 2.00 bits per heavy atom. The van der Waals surface area contributed by atoms with Gasteiger partial charge in [0.2, 0.25) is 0 Å². The third-order valence-electron chi connectivity index (χ3n) is 5.62. The van der Waals surface area contributed by atoms with Crippen molar-refractivity contribution in [2.75, 3.05) is 0 Å². The third kappa shape index (κ3) is 5.80. The van der Waals surface area contributed by atoms with Crippen molar-refractivity contribution in [3.63, 3.8) is 0 Å². The molecular formula is C20H34O4. The molecule has 1 heterocycles. The fraction of sp³-hybridized carbons (Fsp3) is 0.850. The van der Waals surface area contributed by atoms with Gasteiger partial charge >= 0.3 is 5.97 Å². The van der Waals surface area contributed by atoms with Gasteiger partial charge in [0, 0.05) is 25.2 Å². The molecule has 1 fully saturated rings. The van der Waals surface area contributed by atoms with Crippen LogP contribution in [0.5, 0.6) is 0 Å². The second-order valence-corrected chi connectivity index (χ2v) is 7.50. The van der Waals surface area contributed by atoms with Gasteiger partial charge in [0.25, 0.3) is 0 Å². The number of unbranched alkanes of at least 4 members (excludes halogenated alkanes) is 5. The number of aliphatic carboxylic acids is 1. The van der Waals surface area contributed by atoms with Crippen molar-refractivity contribution in [3.05, 3.63) is 11.8 Å². The summed E-state index contributed by atoms with van der Waals surface area (Å²) in [5.41, 5.74) is 0. The van der Waals surface area contributed by atoms with Crippen molar-refractivity contribution in [2.24, 2.45) is 11.8 Å². The van der Waals surface area contributed by atoms with Gasteiger partial charge in [-0.15, -0.1) is 0 Å².